The van der Waals surface area contributed by atoms with Crippen LogP contribution in [0.5, 0.6) is 0 Å². The fourth-order valence-electron chi connectivity index (χ4n) is 2.77. The summed E-state index contributed by atoms with van der Waals surface area (Å²) in [6.45, 7) is 17.2. The van der Waals surface area contributed by atoms with Crippen LogP contribution in [-0.2, 0) is 24.0 Å². The van der Waals surface area contributed by atoms with E-state index in [0.29, 0.717) is 31.2 Å². The summed E-state index contributed by atoms with van der Waals surface area (Å²) in [4.78, 5) is 59.4. The Labute approximate surface area is 230 Å². The van der Waals surface area contributed by atoms with Crippen molar-refractivity contribution < 1.29 is 24.0 Å². The molecule has 4 N–H and O–H groups in total. The standard InChI is InChI=1S/C18H26N4O4.C5H12.C3H8.C2H5NO/c1-4-6-8-13(16(24)18(26)20-10-5-2)21-17(25)14-9-7-11-22(14)15(23)12-19-3;1-5(2,3)4;1-3-2;1-3-2-4/h1,5,13-14,19H,2,6-12H2,3H3,(H,20,26)(H,21,25);1-4H3;3H2,1-2H3;2H,1H3,(H,3,4). The summed E-state index contributed by atoms with van der Waals surface area (Å²) in [6.07, 6.45) is 10.2. The predicted molar refractivity (Wildman–Crippen MR) is 153 cm³/mol. The van der Waals surface area contributed by atoms with Crippen LogP contribution in [0.1, 0.15) is 73.6 Å². The van der Waals surface area contributed by atoms with Crippen molar-refractivity contribution in [3.05, 3.63) is 12.7 Å². The molecular formula is C28H51N5O5. The van der Waals surface area contributed by atoms with E-state index in [1.165, 1.54) is 17.4 Å². The van der Waals surface area contributed by atoms with Gasteiger partial charge in [-0.05, 0) is 31.7 Å². The highest BCUT2D eigenvalue weighted by molar-refractivity contribution is 6.38. The normalized spacial score (nSPS) is 14.3. The molecule has 0 radical (unpaired) electrons. The van der Waals surface area contributed by atoms with Gasteiger partial charge in [-0.1, -0.05) is 54.0 Å². The third kappa shape index (κ3) is 22.0. The Balaban J connectivity index is -0.000000852. The minimum atomic E-state index is -1.02. The van der Waals surface area contributed by atoms with Gasteiger partial charge in [-0.25, -0.2) is 0 Å². The number of amides is 4. The first-order valence-corrected chi connectivity index (χ1v) is 13.0. The van der Waals surface area contributed by atoms with E-state index in [4.69, 9.17) is 11.2 Å². The molecule has 0 spiro atoms. The molecule has 4 amide bonds. The van der Waals surface area contributed by atoms with Crippen molar-refractivity contribution in [1.82, 2.24) is 26.2 Å². The molecule has 1 aliphatic rings. The summed E-state index contributed by atoms with van der Waals surface area (Å²) < 4.78 is 0. The van der Waals surface area contributed by atoms with Crippen molar-refractivity contribution in [3.8, 4) is 12.3 Å². The lowest BCUT2D eigenvalue weighted by molar-refractivity contribution is -0.142. The summed E-state index contributed by atoms with van der Waals surface area (Å²) in [7, 11) is 3.21. The van der Waals surface area contributed by atoms with Gasteiger partial charge in [-0.15, -0.1) is 18.9 Å². The Bertz CT molecular complexity index is 750. The summed E-state index contributed by atoms with van der Waals surface area (Å²) in [5.41, 5.74) is 0.500. The summed E-state index contributed by atoms with van der Waals surface area (Å²) >= 11 is 0. The van der Waals surface area contributed by atoms with Gasteiger partial charge in [0.25, 0.3) is 5.91 Å². The van der Waals surface area contributed by atoms with Crippen molar-refractivity contribution in [2.24, 2.45) is 5.41 Å². The van der Waals surface area contributed by atoms with Gasteiger partial charge in [0.05, 0.1) is 12.6 Å². The summed E-state index contributed by atoms with van der Waals surface area (Å²) in [5, 5.41) is 10.0. The van der Waals surface area contributed by atoms with Crippen LogP contribution < -0.4 is 21.3 Å². The first-order valence-electron chi connectivity index (χ1n) is 13.0. The van der Waals surface area contributed by atoms with Gasteiger partial charge in [-0.3, -0.25) is 24.0 Å². The maximum atomic E-state index is 12.6. The molecule has 0 aromatic carbocycles. The molecular weight excluding hydrogens is 486 g/mol. The van der Waals surface area contributed by atoms with Gasteiger partial charge in [0.1, 0.15) is 6.04 Å². The molecule has 218 valence electrons. The van der Waals surface area contributed by atoms with Crippen molar-refractivity contribution in [2.75, 3.05) is 33.7 Å². The molecule has 1 saturated heterocycles. The van der Waals surface area contributed by atoms with E-state index in [0.717, 1.165) is 0 Å². The summed E-state index contributed by atoms with van der Waals surface area (Å²) in [5.74, 6) is 0.205. The molecule has 0 aromatic rings. The molecule has 1 aliphatic heterocycles. The topological polar surface area (TPSA) is 137 Å². The molecule has 0 bridgehead atoms. The average molecular weight is 538 g/mol. The second-order valence-electron chi connectivity index (χ2n) is 10.1. The number of likely N-dealkylation sites (tertiary alicyclic amines) is 1. The van der Waals surface area contributed by atoms with Crippen LogP contribution in [0.25, 0.3) is 0 Å². The van der Waals surface area contributed by atoms with Crippen LogP contribution in [0.4, 0.5) is 0 Å². The van der Waals surface area contributed by atoms with E-state index >= 15 is 0 Å². The first-order chi connectivity index (χ1) is 17.8. The van der Waals surface area contributed by atoms with Gasteiger partial charge in [0.2, 0.25) is 24.0 Å². The van der Waals surface area contributed by atoms with Crippen LogP contribution in [0, 0.1) is 17.8 Å². The fraction of sp³-hybridized carbons (Fsp3) is 0.679. The number of rotatable bonds is 11. The minimum Gasteiger partial charge on any atom is -0.362 e. The number of likely N-dealkylation sites (N-methyl/N-ethyl adjacent to an activating group) is 1. The maximum Gasteiger partial charge on any atom is 0.289 e. The quantitative estimate of drug-likeness (QED) is 0.137. The van der Waals surface area contributed by atoms with E-state index < -0.39 is 29.7 Å². The fourth-order valence-corrected chi connectivity index (χ4v) is 2.77. The van der Waals surface area contributed by atoms with E-state index in [1.54, 1.807) is 14.1 Å². The number of carbonyl (C=O) groups excluding carboxylic acids is 5. The van der Waals surface area contributed by atoms with E-state index in [2.05, 4.69) is 75.3 Å². The molecule has 10 nitrogen and oxygen atoms in total. The lowest BCUT2D eigenvalue weighted by Gasteiger charge is -2.26. The molecule has 10 heteroatoms. The highest BCUT2D eigenvalue weighted by atomic mass is 16.2. The Morgan fingerprint density at radius 2 is 1.68 bits per heavy atom. The number of carbonyl (C=O) groups is 5. The molecule has 0 aromatic heterocycles. The lowest BCUT2D eigenvalue weighted by Crippen LogP contribution is -2.54. The number of nitrogens with one attached hydrogen (secondary N) is 4. The first kappa shape index (κ1) is 39.3. The van der Waals surface area contributed by atoms with Crippen molar-refractivity contribution in [3.63, 3.8) is 0 Å². The monoisotopic (exact) mass is 537 g/mol. The smallest absolute Gasteiger partial charge is 0.289 e. The maximum absolute atomic E-state index is 12.6. The molecule has 38 heavy (non-hydrogen) atoms. The van der Waals surface area contributed by atoms with Gasteiger partial charge >= 0.3 is 0 Å². The Kier molecular flexibility index (Phi) is 25.0. The Hall–Kier alpha value is -3.19. The van der Waals surface area contributed by atoms with Crippen molar-refractivity contribution >= 4 is 29.9 Å². The zero-order valence-electron chi connectivity index (χ0n) is 24.7. The largest absolute Gasteiger partial charge is 0.362 e. The molecule has 1 fully saturated rings. The van der Waals surface area contributed by atoms with E-state index in [-0.39, 0.29) is 31.8 Å². The molecule has 0 saturated carbocycles. The summed E-state index contributed by atoms with van der Waals surface area (Å²) in [6, 6.07) is -1.67. The van der Waals surface area contributed by atoms with Crippen molar-refractivity contribution in [1.29, 1.82) is 0 Å². The Morgan fingerprint density at radius 3 is 2.11 bits per heavy atom. The minimum absolute atomic E-state index is 0.132. The zero-order chi connectivity index (χ0) is 30.1. The van der Waals surface area contributed by atoms with Gasteiger partial charge in [-0.2, -0.15) is 0 Å². The third-order valence-electron chi connectivity index (χ3n) is 4.16. The lowest BCUT2D eigenvalue weighted by atomic mass is 10.0. The van der Waals surface area contributed by atoms with Crippen LogP contribution in [-0.4, -0.2) is 80.6 Å². The molecule has 0 aliphatic carbocycles. The van der Waals surface area contributed by atoms with E-state index in [1.807, 2.05) is 0 Å². The van der Waals surface area contributed by atoms with Crippen molar-refractivity contribution in [2.45, 2.75) is 85.7 Å². The SMILES string of the molecule is C#CCCC(NC(=O)C1CCCN1C(=O)CNC)C(=O)C(=O)NCC=C.CC(C)(C)C.CCC.CNC=O. The number of terminal acetylenes is 1. The third-order valence-corrected chi connectivity index (χ3v) is 4.16. The highest BCUT2D eigenvalue weighted by Crippen LogP contribution is 2.18. The molecule has 1 rings (SSSR count). The number of hydrogen-bond acceptors (Lipinski definition) is 6. The molecule has 1 heterocycles. The second-order valence-corrected chi connectivity index (χ2v) is 10.1. The van der Waals surface area contributed by atoms with E-state index in [9.17, 15) is 19.2 Å². The Morgan fingerprint density at radius 1 is 1.16 bits per heavy atom. The van der Waals surface area contributed by atoms with Gasteiger partial charge in [0.15, 0.2) is 0 Å². The molecule has 2 unspecified atom stereocenters. The molecule has 2 atom stereocenters. The number of nitrogens with zero attached hydrogens (tertiary/aromatic N) is 1. The number of Topliss-reactive ketones (excluding diaryl/α,β-unsaturated/α-hetero) is 1. The van der Waals surface area contributed by atoms with Gasteiger partial charge in [0, 0.05) is 26.6 Å². The number of hydrogen-bond donors (Lipinski definition) is 4. The van der Waals surface area contributed by atoms with Crippen LogP contribution >= 0.6 is 0 Å². The van der Waals surface area contributed by atoms with Crippen LogP contribution in [0.2, 0.25) is 0 Å². The van der Waals surface area contributed by atoms with Gasteiger partial charge < -0.3 is 26.2 Å². The second kappa shape index (κ2) is 24.2. The highest BCUT2D eigenvalue weighted by Gasteiger charge is 2.36. The predicted octanol–water partition coefficient (Wildman–Crippen LogP) is 1.80. The zero-order valence-corrected chi connectivity index (χ0v) is 24.7. The average Bonchev–Trinajstić information content (AvgIpc) is 3.34. The van der Waals surface area contributed by atoms with Crippen LogP contribution in [0.15, 0.2) is 12.7 Å². The van der Waals surface area contributed by atoms with Crippen LogP contribution in [0.3, 0.4) is 0 Å². The number of ketones is 1.